The third-order valence-corrected chi connectivity index (χ3v) is 4.44. The normalized spacial score (nSPS) is 11.1. The van der Waals surface area contributed by atoms with Crippen molar-refractivity contribution >= 4 is 53.7 Å². The molecule has 1 heterocycles. The molecule has 1 amide bonds. The first-order chi connectivity index (χ1) is 9.97. The number of benzene rings is 1. The summed E-state index contributed by atoms with van der Waals surface area (Å²) in [7, 11) is 0. The summed E-state index contributed by atoms with van der Waals surface area (Å²) in [5.41, 5.74) is 7.37. The maximum atomic E-state index is 12.1. The highest BCUT2D eigenvalue weighted by Gasteiger charge is 2.15. The summed E-state index contributed by atoms with van der Waals surface area (Å²) < 4.78 is 0. The number of halogens is 3. The van der Waals surface area contributed by atoms with E-state index in [4.69, 9.17) is 17.3 Å². The van der Waals surface area contributed by atoms with Crippen molar-refractivity contribution in [3.63, 3.8) is 0 Å². The number of carbonyl (C=O) groups excluding carboxylic acids is 1. The average Bonchev–Trinajstić information content (AvgIpc) is 2.81. The van der Waals surface area contributed by atoms with E-state index in [0.717, 1.165) is 22.7 Å². The summed E-state index contributed by atoms with van der Waals surface area (Å²) in [6.45, 7) is 4.34. The van der Waals surface area contributed by atoms with Gasteiger partial charge in [-0.05, 0) is 32.4 Å². The van der Waals surface area contributed by atoms with E-state index in [9.17, 15) is 4.79 Å². The second-order valence-electron chi connectivity index (χ2n) is 4.96. The molecule has 0 bridgehead atoms. The number of nitrogens with one attached hydrogen (secondary N) is 1. The van der Waals surface area contributed by atoms with E-state index in [1.165, 1.54) is 11.3 Å². The fraction of sp³-hybridized carbons (Fsp3) is 0.333. The second kappa shape index (κ2) is 10.1. The van der Waals surface area contributed by atoms with Crippen LogP contribution in [0, 0.1) is 6.92 Å². The molecule has 1 aromatic heterocycles. The Morgan fingerprint density at radius 3 is 2.52 bits per heavy atom. The van der Waals surface area contributed by atoms with E-state index < -0.39 is 0 Å². The minimum Gasteiger partial charge on any atom is -0.351 e. The Morgan fingerprint density at radius 2 is 1.96 bits per heavy atom. The standard InChI is InChI=1S/C15H18ClN3OS.2ClH/c1-9(17)7-8-18-14(20)13-10(2)19-15(21-13)11-3-5-12(16)6-4-11;;/h3-6,9H,7-8,17H2,1-2H3,(H,18,20);2*1H. The Hall–Kier alpha value is -0.850. The first-order valence-electron chi connectivity index (χ1n) is 6.74. The summed E-state index contributed by atoms with van der Waals surface area (Å²) in [6.07, 6.45) is 0.758. The van der Waals surface area contributed by atoms with Gasteiger partial charge in [-0.1, -0.05) is 23.7 Å². The molecule has 0 saturated heterocycles. The predicted octanol–water partition coefficient (Wildman–Crippen LogP) is 4.08. The van der Waals surface area contributed by atoms with Gasteiger partial charge in [-0.15, -0.1) is 36.2 Å². The van der Waals surface area contributed by atoms with Crippen LogP contribution in [0.5, 0.6) is 0 Å². The molecule has 1 unspecified atom stereocenters. The van der Waals surface area contributed by atoms with Crippen molar-refractivity contribution in [1.29, 1.82) is 0 Å². The molecule has 2 rings (SSSR count). The minimum absolute atomic E-state index is 0. The van der Waals surface area contributed by atoms with E-state index in [1.54, 1.807) is 0 Å². The minimum atomic E-state index is -0.0918. The van der Waals surface area contributed by atoms with Crippen LogP contribution >= 0.6 is 47.8 Å². The highest BCUT2D eigenvalue weighted by molar-refractivity contribution is 7.17. The maximum absolute atomic E-state index is 12.1. The third kappa shape index (κ3) is 6.28. The van der Waals surface area contributed by atoms with Crippen molar-refractivity contribution in [3.05, 3.63) is 39.9 Å². The fourth-order valence-electron chi connectivity index (χ4n) is 1.82. The molecule has 0 fully saturated rings. The number of thiazole rings is 1. The van der Waals surface area contributed by atoms with Crippen LogP contribution in [0.4, 0.5) is 0 Å². The van der Waals surface area contributed by atoms with E-state index in [2.05, 4.69) is 10.3 Å². The molecule has 2 aromatic rings. The second-order valence-corrected chi connectivity index (χ2v) is 6.40. The van der Waals surface area contributed by atoms with Gasteiger partial charge in [0.2, 0.25) is 0 Å². The van der Waals surface area contributed by atoms with Crippen LogP contribution < -0.4 is 11.1 Å². The number of nitrogens with zero attached hydrogens (tertiary/aromatic N) is 1. The van der Waals surface area contributed by atoms with Crippen LogP contribution in [-0.2, 0) is 0 Å². The molecule has 23 heavy (non-hydrogen) atoms. The number of hydrogen-bond acceptors (Lipinski definition) is 4. The first kappa shape index (κ1) is 22.1. The Labute approximate surface area is 157 Å². The van der Waals surface area contributed by atoms with Crippen molar-refractivity contribution in [1.82, 2.24) is 10.3 Å². The lowest BCUT2D eigenvalue weighted by molar-refractivity contribution is 0.0956. The number of nitrogens with two attached hydrogens (primary N) is 1. The van der Waals surface area contributed by atoms with Crippen LogP contribution in [0.15, 0.2) is 24.3 Å². The van der Waals surface area contributed by atoms with Gasteiger partial charge >= 0.3 is 0 Å². The highest BCUT2D eigenvalue weighted by Crippen LogP contribution is 2.28. The van der Waals surface area contributed by atoms with Crippen molar-refractivity contribution in [2.45, 2.75) is 26.3 Å². The largest absolute Gasteiger partial charge is 0.351 e. The lowest BCUT2D eigenvalue weighted by Crippen LogP contribution is -2.28. The van der Waals surface area contributed by atoms with Crippen molar-refractivity contribution in [3.8, 4) is 10.6 Å². The molecule has 4 nitrogen and oxygen atoms in total. The molecule has 3 N–H and O–H groups in total. The molecule has 128 valence electrons. The summed E-state index contributed by atoms with van der Waals surface area (Å²) in [5.74, 6) is -0.0918. The predicted molar refractivity (Wildman–Crippen MR) is 102 cm³/mol. The summed E-state index contributed by atoms with van der Waals surface area (Å²) in [6, 6.07) is 7.51. The highest BCUT2D eigenvalue weighted by atomic mass is 35.5. The molecule has 1 aromatic carbocycles. The lowest BCUT2D eigenvalue weighted by Gasteiger charge is -2.06. The summed E-state index contributed by atoms with van der Waals surface area (Å²) >= 11 is 7.27. The van der Waals surface area contributed by atoms with E-state index in [0.29, 0.717) is 16.4 Å². The van der Waals surface area contributed by atoms with Gasteiger partial charge in [0.25, 0.3) is 5.91 Å². The van der Waals surface area contributed by atoms with Gasteiger partial charge in [0.05, 0.1) is 5.69 Å². The molecule has 0 aliphatic rings. The number of hydrogen-bond donors (Lipinski definition) is 2. The molecule has 1 atom stereocenters. The van der Waals surface area contributed by atoms with Crippen LogP contribution in [0.1, 0.15) is 28.7 Å². The van der Waals surface area contributed by atoms with Gasteiger partial charge < -0.3 is 11.1 Å². The molecule has 0 aliphatic heterocycles. The smallest absolute Gasteiger partial charge is 0.263 e. The number of amides is 1. The van der Waals surface area contributed by atoms with Crippen LogP contribution in [-0.4, -0.2) is 23.5 Å². The SMILES string of the molecule is Cc1nc(-c2ccc(Cl)cc2)sc1C(=O)NCCC(C)N.Cl.Cl. The van der Waals surface area contributed by atoms with Crippen LogP contribution in [0.25, 0.3) is 10.6 Å². The number of carbonyl (C=O) groups is 1. The van der Waals surface area contributed by atoms with Crippen LogP contribution in [0.2, 0.25) is 5.02 Å². The van der Waals surface area contributed by atoms with E-state index in [-0.39, 0.29) is 36.8 Å². The molecule has 8 heteroatoms. The molecular formula is C15H20Cl3N3OS. The Bertz CT molecular complexity index is 629. The molecule has 0 aliphatic carbocycles. The van der Waals surface area contributed by atoms with Gasteiger partial charge in [0.15, 0.2) is 0 Å². The molecular weight excluding hydrogens is 377 g/mol. The average molecular weight is 397 g/mol. The topological polar surface area (TPSA) is 68.0 Å². The van der Waals surface area contributed by atoms with Crippen molar-refractivity contribution < 1.29 is 4.79 Å². The number of rotatable bonds is 5. The van der Waals surface area contributed by atoms with E-state index >= 15 is 0 Å². The Morgan fingerprint density at radius 1 is 1.35 bits per heavy atom. The molecule has 0 radical (unpaired) electrons. The number of aryl methyl sites for hydroxylation is 1. The zero-order chi connectivity index (χ0) is 15.4. The summed E-state index contributed by atoms with van der Waals surface area (Å²) in [4.78, 5) is 17.3. The zero-order valence-electron chi connectivity index (χ0n) is 12.8. The zero-order valence-corrected chi connectivity index (χ0v) is 16.0. The van der Waals surface area contributed by atoms with Gasteiger partial charge in [-0.2, -0.15) is 0 Å². The van der Waals surface area contributed by atoms with Gasteiger partial charge in [-0.25, -0.2) is 4.98 Å². The van der Waals surface area contributed by atoms with Crippen molar-refractivity contribution in [2.75, 3.05) is 6.54 Å². The van der Waals surface area contributed by atoms with Crippen LogP contribution in [0.3, 0.4) is 0 Å². The van der Waals surface area contributed by atoms with E-state index in [1.807, 2.05) is 38.1 Å². The quantitative estimate of drug-likeness (QED) is 0.800. The monoisotopic (exact) mass is 395 g/mol. The third-order valence-electron chi connectivity index (χ3n) is 2.98. The van der Waals surface area contributed by atoms with Gasteiger partial charge in [-0.3, -0.25) is 4.79 Å². The fourth-order valence-corrected chi connectivity index (χ4v) is 2.93. The van der Waals surface area contributed by atoms with Crippen molar-refractivity contribution in [2.24, 2.45) is 5.73 Å². The van der Waals surface area contributed by atoms with Gasteiger partial charge in [0.1, 0.15) is 9.88 Å². The Kier molecular flexibility index (Phi) is 9.73. The maximum Gasteiger partial charge on any atom is 0.263 e. The molecule has 0 saturated carbocycles. The van der Waals surface area contributed by atoms with Gasteiger partial charge in [0, 0.05) is 23.2 Å². The Balaban J connectivity index is 0.00000242. The first-order valence-corrected chi connectivity index (χ1v) is 7.94. The molecule has 0 spiro atoms. The lowest BCUT2D eigenvalue weighted by atomic mass is 10.2. The number of aromatic nitrogens is 1. The summed E-state index contributed by atoms with van der Waals surface area (Å²) in [5, 5.41) is 4.38.